The number of hydrogen-bond acceptors (Lipinski definition) is 7. The van der Waals surface area contributed by atoms with Crippen molar-refractivity contribution < 1.29 is 18.3 Å². The van der Waals surface area contributed by atoms with Crippen LogP contribution in [0.5, 0.6) is 11.6 Å². The molecular formula is C13H15F2N5O2. The molecule has 0 radical (unpaired) electrons. The van der Waals surface area contributed by atoms with Gasteiger partial charge in [0.1, 0.15) is 24.4 Å². The number of aryl methyl sites for hydroxylation is 1. The van der Waals surface area contributed by atoms with Gasteiger partial charge in [0, 0.05) is 7.05 Å². The Balaban J connectivity index is 2.29. The number of nitrogens with zero attached hydrogens (tertiary/aromatic N) is 4. The third kappa shape index (κ3) is 3.76. The molecule has 22 heavy (non-hydrogen) atoms. The van der Waals surface area contributed by atoms with E-state index < -0.39 is 6.61 Å². The minimum absolute atomic E-state index is 0.0145. The Morgan fingerprint density at radius 2 is 2.14 bits per heavy atom. The zero-order valence-corrected chi connectivity index (χ0v) is 12.0. The zero-order chi connectivity index (χ0) is 16.1. The lowest BCUT2D eigenvalue weighted by atomic mass is 10.1. The van der Waals surface area contributed by atoms with Crippen LogP contribution in [0.25, 0.3) is 0 Å². The molecule has 0 bridgehead atoms. The van der Waals surface area contributed by atoms with E-state index in [-0.39, 0.29) is 18.2 Å². The SMILES string of the molecule is Cc1ncnnc1OCc1c(OC(F)F)cccc1N(C)N. The molecule has 1 heterocycles. The number of benzene rings is 1. The maximum absolute atomic E-state index is 12.5. The fourth-order valence-electron chi connectivity index (χ4n) is 1.83. The number of hydrogen-bond donors (Lipinski definition) is 1. The molecule has 0 amide bonds. The topological polar surface area (TPSA) is 86.4 Å². The molecule has 2 aromatic rings. The molecule has 0 spiro atoms. The van der Waals surface area contributed by atoms with E-state index in [1.54, 1.807) is 26.1 Å². The minimum atomic E-state index is -2.95. The standard InChI is InChI=1S/C13H15F2N5O2/c1-8-12(19-18-7-17-8)21-6-9-10(20(2)16)4-3-5-11(9)22-13(14)15/h3-5,7,13H,6,16H2,1-2H3. The summed E-state index contributed by atoms with van der Waals surface area (Å²) in [6.45, 7) is -1.32. The zero-order valence-electron chi connectivity index (χ0n) is 12.0. The van der Waals surface area contributed by atoms with Gasteiger partial charge in [-0.25, -0.2) is 10.8 Å². The second kappa shape index (κ2) is 6.94. The lowest BCUT2D eigenvalue weighted by Gasteiger charge is -2.20. The lowest BCUT2D eigenvalue weighted by Crippen LogP contribution is -2.27. The Kier molecular flexibility index (Phi) is 4.99. The van der Waals surface area contributed by atoms with Crippen LogP contribution in [0.1, 0.15) is 11.3 Å². The number of rotatable bonds is 6. The molecule has 0 aliphatic rings. The lowest BCUT2D eigenvalue weighted by molar-refractivity contribution is -0.0508. The highest BCUT2D eigenvalue weighted by molar-refractivity contribution is 5.58. The largest absolute Gasteiger partial charge is 0.470 e. The predicted octanol–water partition coefficient (Wildman–Crippen LogP) is 1.67. The summed E-state index contributed by atoms with van der Waals surface area (Å²) in [7, 11) is 1.58. The van der Waals surface area contributed by atoms with Crippen LogP contribution in [0.3, 0.4) is 0 Å². The van der Waals surface area contributed by atoms with Crippen LogP contribution in [-0.2, 0) is 6.61 Å². The summed E-state index contributed by atoms with van der Waals surface area (Å²) in [6, 6.07) is 4.65. The van der Waals surface area contributed by atoms with Crippen molar-refractivity contribution in [1.82, 2.24) is 15.2 Å². The molecule has 0 aliphatic heterocycles. The Hall–Kier alpha value is -2.55. The van der Waals surface area contributed by atoms with Crippen LogP contribution in [0.2, 0.25) is 0 Å². The Morgan fingerprint density at radius 3 is 2.77 bits per heavy atom. The van der Waals surface area contributed by atoms with E-state index in [9.17, 15) is 8.78 Å². The van der Waals surface area contributed by atoms with Gasteiger partial charge in [0.15, 0.2) is 0 Å². The van der Waals surface area contributed by atoms with E-state index in [2.05, 4.69) is 19.9 Å². The summed E-state index contributed by atoms with van der Waals surface area (Å²) >= 11 is 0. The number of ether oxygens (including phenoxy) is 2. The van der Waals surface area contributed by atoms with E-state index in [0.29, 0.717) is 16.9 Å². The van der Waals surface area contributed by atoms with Crippen molar-refractivity contribution in [2.45, 2.75) is 20.1 Å². The molecule has 0 atom stereocenters. The van der Waals surface area contributed by atoms with Crippen molar-refractivity contribution in [2.24, 2.45) is 5.84 Å². The number of anilines is 1. The maximum Gasteiger partial charge on any atom is 0.387 e. The summed E-state index contributed by atoms with van der Waals surface area (Å²) in [6.07, 6.45) is 1.29. The van der Waals surface area contributed by atoms with Gasteiger partial charge in [-0.1, -0.05) is 6.07 Å². The van der Waals surface area contributed by atoms with Gasteiger partial charge in [-0.3, -0.25) is 0 Å². The van der Waals surface area contributed by atoms with Crippen LogP contribution in [0.15, 0.2) is 24.5 Å². The molecule has 0 saturated carbocycles. The summed E-state index contributed by atoms with van der Waals surface area (Å²) in [5.74, 6) is 5.90. The summed E-state index contributed by atoms with van der Waals surface area (Å²) < 4.78 is 35.0. The molecule has 2 N–H and O–H groups in total. The first-order valence-corrected chi connectivity index (χ1v) is 6.31. The first kappa shape index (κ1) is 15.8. The van der Waals surface area contributed by atoms with E-state index in [1.165, 1.54) is 17.4 Å². The highest BCUT2D eigenvalue weighted by atomic mass is 19.3. The highest BCUT2D eigenvalue weighted by Crippen LogP contribution is 2.30. The predicted molar refractivity (Wildman–Crippen MR) is 74.6 cm³/mol. The van der Waals surface area contributed by atoms with Crippen LogP contribution in [0, 0.1) is 6.92 Å². The molecule has 7 nitrogen and oxygen atoms in total. The average Bonchev–Trinajstić information content (AvgIpc) is 2.46. The third-order valence-corrected chi connectivity index (χ3v) is 2.82. The van der Waals surface area contributed by atoms with E-state index in [0.717, 1.165) is 0 Å². The van der Waals surface area contributed by atoms with Crippen molar-refractivity contribution >= 4 is 5.69 Å². The number of aromatic nitrogens is 3. The first-order chi connectivity index (χ1) is 10.5. The Morgan fingerprint density at radius 1 is 1.36 bits per heavy atom. The fourth-order valence-corrected chi connectivity index (χ4v) is 1.83. The van der Waals surface area contributed by atoms with E-state index in [1.807, 2.05) is 0 Å². The smallest absolute Gasteiger partial charge is 0.387 e. The number of halogens is 2. The minimum Gasteiger partial charge on any atom is -0.470 e. The van der Waals surface area contributed by atoms with E-state index in [4.69, 9.17) is 10.6 Å². The Labute approximate surface area is 125 Å². The molecular weight excluding hydrogens is 296 g/mol. The van der Waals surface area contributed by atoms with Gasteiger partial charge >= 0.3 is 6.61 Å². The van der Waals surface area contributed by atoms with Crippen LogP contribution in [0.4, 0.5) is 14.5 Å². The van der Waals surface area contributed by atoms with Crippen molar-refractivity contribution in [3.63, 3.8) is 0 Å². The molecule has 0 aliphatic carbocycles. The molecule has 0 fully saturated rings. The van der Waals surface area contributed by atoms with Gasteiger partial charge in [0.25, 0.3) is 5.88 Å². The molecule has 0 saturated heterocycles. The molecule has 2 rings (SSSR count). The average molecular weight is 311 g/mol. The molecule has 0 unspecified atom stereocenters. The second-order valence-electron chi connectivity index (χ2n) is 4.38. The van der Waals surface area contributed by atoms with Gasteiger partial charge in [0.2, 0.25) is 0 Å². The fraction of sp³-hybridized carbons (Fsp3) is 0.308. The monoisotopic (exact) mass is 311 g/mol. The van der Waals surface area contributed by atoms with Crippen LogP contribution in [-0.4, -0.2) is 28.8 Å². The van der Waals surface area contributed by atoms with Gasteiger partial charge < -0.3 is 14.5 Å². The van der Waals surface area contributed by atoms with Crippen molar-refractivity contribution in [2.75, 3.05) is 12.1 Å². The van der Waals surface area contributed by atoms with Gasteiger partial charge in [-0.2, -0.15) is 8.78 Å². The van der Waals surface area contributed by atoms with E-state index >= 15 is 0 Å². The molecule has 1 aromatic heterocycles. The molecule has 118 valence electrons. The second-order valence-corrected chi connectivity index (χ2v) is 4.38. The first-order valence-electron chi connectivity index (χ1n) is 6.31. The summed E-state index contributed by atoms with van der Waals surface area (Å²) in [4.78, 5) is 3.93. The van der Waals surface area contributed by atoms with Gasteiger partial charge in [0.05, 0.1) is 11.3 Å². The van der Waals surface area contributed by atoms with Gasteiger partial charge in [-0.15, -0.1) is 10.2 Å². The van der Waals surface area contributed by atoms with Crippen molar-refractivity contribution in [1.29, 1.82) is 0 Å². The van der Waals surface area contributed by atoms with Gasteiger partial charge in [-0.05, 0) is 19.1 Å². The van der Waals surface area contributed by atoms with Crippen LogP contribution < -0.4 is 20.3 Å². The summed E-state index contributed by atoms with van der Waals surface area (Å²) in [5.41, 5.74) is 1.40. The number of hydrazine groups is 1. The van der Waals surface area contributed by atoms with Crippen molar-refractivity contribution in [3.05, 3.63) is 35.8 Å². The number of nitrogens with two attached hydrogens (primary N) is 1. The number of alkyl halides is 2. The Bertz CT molecular complexity index is 640. The van der Waals surface area contributed by atoms with Crippen LogP contribution >= 0.6 is 0 Å². The highest BCUT2D eigenvalue weighted by Gasteiger charge is 2.16. The maximum atomic E-state index is 12.5. The summed E-state index contributed by atoms with van der Waals surface area (Å²) in [5, 5.41) is 8.69. The molecule has 1 aromatic carbocycles. The van der Waals surface area contributed by atoms with Crippen molar-refractivity contribution in [3.8, 4) is 11.6 Å². The third-order valence-electron chi connectivity index (χ3n) is 2.82. The molecule has 9 heteroatoms. The normalized spacial score (nSPS) is 10.6. The quantitative estimate of drug-likeness (QED) is 0.641.